The highest BCUT2D eigenvalue weighted by Crippen LogP contribution is 2.30. The molecule has 0 aliphatic carbocycles. The van der Waals surface area contributed by atoms with E-state index in [9.17, 15) is 4.79 Å². The normalized spacial score (nSPS) is 16.2. The lowest BCUT2D eigenvalue weighted by Gasteiger charge is -2.26. The van der Waals surface area contributed by atoms with Gasteiger partial charge in [-0.2, -0.15) is 0 Å². The second-order valence-corrected chi connectivity index (χ2v) is 8.58. The molecule has 2 aromatic heterocycles. The van der Waals surface area contributed by atoms with Gasteiger partial charge in [-0.25, -0.2) is 0 Å². The molecule has 1 aliphatic rings. The largest absolute Gasteiger partial charge is 0.451 e. The number of hydrogen-bond acceptors (Lipinski definition) is 4. The summed E-state index contributed by atoms with van der Waals surface area (Å²) in [5.74, 6) is 0.264. The summed E-state index contributed by atoms with van der Waals surface area (Å²) in [5, 5.41) is 6.17. The minimum atomic E-state index is -0.143. The Balaban J connectivity index is 1.53. The highest BCUT2D eigenvalue weighted by molar-refractivity contribution is 9.10. The molecule has 1 amide bonds. The van der Waals surface area contributed by atoms with Gasteiger partial charge in [-0.1, -0.05) is 22.0 Å². The Hall–Kier alpha value is -1.63. The van der Waals surface area contributed by atoms with Gasteiger partial charge in [0.1, 0.15) is 5.58 Å². The van der Waals surface area contributed by atoms with Crippen LogP contribution in [0.5, 0.6) is 0 Å². The van der Waals surface area contributed by atoms with E-state index in [4.69, 9.17) is 4.42 Å². The molecule has 26 heavy (non-hydrogen) atoms. The molecule has 1 atom stereocenters. The van der Waals surface area contributed by atoms with Gasteiger partial charge in [-0.15, -0.1) is 11.3 Å². The average Bonchev–Trinajstić information content (AvgIpc) is 3.38. The molecule has 0 spiro atoms. The topological polar surface area (TPSA) is 45.5 Å². The molecule has 0 radical (unpaired) electrons. The summed E-state index contributed by atoms with van der Waals surface area (Å²) in [6.07, 6.45) is 2.46. The minimum Gasteiger partial charge on any atom is -0.451 e. The van der Waals surface area contributed by atoms with Crippen molar-refractivity contribution in [2.45, 2.75) is 25.8 Å². The quantitative estimate of drug-likeness (QED) is 0.607. The second-order valence-electron chi connectivity index (χ2n) is 6.68. The number of amides is 1. The van der Waals surface area contributed by atoms with E-state index in [0.717, 1.165) is 34.1 Å². The Kier molecular flexibility index (Phi) is 5.16. The van der Waals surface area contributed by atoms with Crippen LogP contribution in [0, 0.1) is 6.92 Å². The maximum Gasteiger partial charge on any atom is 0.287 e. The van der Waals surface area contributed by atoms with Gasteiger partial charge in [0.2, 0.25) is 0 Å². The molecule has 6 heteroatoms. The van der Waals surface area contributed by atoms with Crippen LogP contribution in [0.25, 0.3) is 11.0 Å². The van der Waals surface area contributed by atoms with Crippen LogP contribution >= 0.6 is 27.3 Å². The first-order valence-corrected chi connectivity index (χ1v) is 10.5. The molecular formula is C20H21BrN2O2S. The highest BCUT2D eigenvalue weighted by Gasteiger charge is 2.26. The fourth-order valence-corrected chi connectivity index (χ4v) is 4.85. The fraction of sp³-hybridized carbons (Fsp3) is 0.350. The average molecular weight is 433 g/mol. The number of carbonyl (C=O) groups excluding carboxylic acids is 1. The van der Waals surface area contributed by atoms with Crippen molar-refractivity contribution in [2.24, 2.45) is 0 Å². The monoisotopic (exact) mass is 432 g/mol. The van der Waals surface area contributed by atoms with Crippen molar-refractivity contribution in [1.82, 2.24) is 10.2 Å². The first-order valence-electron chi connectivity index (χ1n) is 8.88. The number of likely N-dealkylation sites (tertiary alicyclic amines) is 1. The minimum absolute atomic E-state index is 0.143. The summed E-state index contributed by atoms with van der Waals surface area (Å²) >= 11 is 5.23. The molecule has 1 unspecified atom stereocenters. The molecule has 1 aromatic carbocycles. The van der Waals surface area contributed by atoms with Gasteiger partial charge in [0.15, 0.2) is 5.76 Å². The third kappa shape index (κ3) is 3.46. The molecule has 3 aromatic rings. The molecule has 1 aliphatic heterocycles. The lowest BCUT2D eigenvalue weighted by Crippen LogP contribution is -2.36. The standard InChI is InChI=1S/C20H21BrN2O2S/c1-13-15-11-14(21)6-7-17(15)25-19(13)20(24)22-12-16(18-5-4-10-26-18)23-8-2-3-9-23/h4-7,10-11,16H,2-3,8-9,12H2,1H3,(H,22,24). The van der Waals surface area contributed by atoms with Crippen LogP contribution in [0.15, 0.2) is 44.6 Å². The molecular weight excluding hydrogens is 412 g/mol. The smallest absolute Gasteiger partial charge is 0.287 e. The van der Waals surface area contributed by atoms with Gasteiger partial charge < -0.3 is 9.73 Å². The second kappa shape index (κ2) is 7.55. The van der Waals surface area contributed by atoms with Crippen LogP contribution in [0.3, 0.4) is 0 Å². The maximum atomic E-state index is 12.8. The Bertz CT molecular complexity index is 913. The summed E-state index contributed by atoms with van der Waals surface area (Å²) < 4.78 is 6.80. The summed E-state index contributed by atoms with van der Waals surface area (Å²) in [5.41, 5.74) is 1.62. The number of nitrogens with zero attached hydrogens (tertiary/aromatic N) is 1. The molecule has 0 bridgehead atoms. The molecule has 4 nitrogen and oxygen atoms in total. The summed E-state index contributed by atoms with van der Waals surface area (Å²) in [4.78, 5) is 16.5. The van der Waals surface area contributed by atoms with Gasteiger partial charge >= 0.3 is 0 Å². The van der Waals surface area contributed by atoms with Gasteiger partial charge in [-0.05, 0) is 62.5 Å². The van der Waals surface area contributed by atoms with Crippen molar-refractivity contribution >= 4 is 44.1 Å². The van der Waals surface area contributed by atoms with Crippen LogP contribution in [0.1, 0.15) is 39.9 Å². The molecule has 3 heterocycles. The third-order valence-corrected chi connectivity index (χ3v) is 6.48. The van der Waals surface area contributed by atoms with E-state index >= 15 is 0 Å². The lowest BCUT2D eigenvalue weighted by molar-refractivity contribution is 0.0912. The van der Waals surface area contributed by atoms with Crippen LogP contribution in [0.2, 0.25) is 0 Å². The van der Waals surface area contributed by atoms with E-state index in [1.54, 1.807) is 11.3 Å². The number of furan rings is 1. The number of halogens is 1. The highest BCUT2D eigenvalue weighted by atomic mass is 79.9. The number of nitrogens with one attached hydrogen (secondary N) is 1. The maximum absolute atomic E-state index is 12.8. The van der Waals surface area contributed by atoms with Gasteiger partial charge in [-0.3, -0.25) is 9.69 Å². The van der Waals surface area contributed by atoms with Crippen molar-refractivity contribution in [3.63, 3.8) is 0 Å². The zero-order chi connectivity index (χ0) is 18.1. The first-order chi connectivity index (χ1) is 12.6. The number of benzene rings is 1. The molecule has 1 N–H and O–H groups in total. The summed E-state index contributed by atoms with van der Waals surface area (Å²) in [6, 6.07) is 10.3. The number of rotatable bonds is 5. The lowest BCUT2D eigenvalue weighted by atomic mass is 10.1. The van der Waals surface area contributed by atoms with Crippen molar-refractivity contribution in [1.29, 1.82) is 0 Å². The number of aryl methyl sites for hydroxylation is 1. The summed E-state index contributed by atoms with van der Waals surface area (Å²) in [7, 11) is 0. The molecule has 1 saturated heterocycles. The molecule has 136 valence electrons. The van der Waals surface area contributed by atoms with E-state index in [1.165, 1.54) is 17.7 Å². The Labute approximate surface area is 165 Å². The Morgan fingerprint density at radius 2 is 2.15 bits per heavy atom. The van der Waals surface area contributed by atoms with E-state index in [2.05, 4.69) is 43.7 Å². The van der Waals surface area contributed by atoms with Crippen molar-refractivity contribution in [2.75, 3.05) is 19.6 Å². The van der Waals surface area contributed by atoms with Crippen molar-refractivity contribution in [3.05, 3.63) is 56.4 Å². The molecule has 0 saturated carbocycles. The first kappa shape index (κ1) is 17.8. The van der Waals surface area contributed by atoms with Crippen LogP contribution in [0.4, 0.5) is 0 Å². The number of thiophene rings is 1. The van der Waals surface area contributed by atoms with E-state index in [-0.39, 0.29) is 11.9 Å². The van der Waals surface area contributed by atoms with Crippen LogP contribution < -0.4 is 5.32 Å². The number of carbonyl (C=O) groups is 1. The van der Waals surface area contributed by atoms with E-state index in [1.807, 2.05) is 25.1 Å². The summed E-state index contributed by atoms with van der Waals surface area (Å²) in [6.45, 7) is 4.72. The van der Waals surface area contributed by atoms with Crippen molar-refractivity contribution < 1.29 is 9.21 Å². The predicted octanol–water partition coefficient (Wildman–Crippen LogP) is 5.13. The van der Waals surface area contributed by atoms with Gasteiger partial charge in [0.25, 0.3) is 5.91 Å². The van der Waals surface area contributed by atoms with E-state index in [0.29, 0.717) is 12.3 Å². The van der Waals surface area contributed by atoms with Gasteiger partial charge in [0, 0.05) is 26.8 Å². The van der Waals surface area contributed by atoms with Crippen LogP contribution in [-0.4, -0.2) is 30.4 Å². The number of fused-ring (bicyclic) bond motifs is 1. The fourth-order valence-electron chi connectivity index (χ4n) is 3.62. The SMILES string of the molecule is Cc1c(C(=O)NCC(c2cccs2)N2CCCC2)oc2ccc(Br)cc12. The van der Waals surface area contributed by atoms with Crippen LogP contribution in [-0.2, 0) is 0 Å². The number of hydrogen-bond donors (Lipinski definition) is 1. The zero-order valence-corrected chi connectivity index (χ0v) is 17.0. The zero-order valence-electron chi connectivity index (χ0n) is 14.6. The predicted molar refractivity (Wildman–Crippen MR) is 109 cm³/mol. The Morgan fingerprint density at radius 1 is 1.35 bits per heavy atom. The Morgan fingerprint density at radius 3 is 2.88 bits per heavy atom. The van der Waals surface area contributed by atoms with E-state index < -0.39 is 0 Å². The molecule has 4 rings (SSSR count). The van der Waals surface area contributed by atoms with Crippen molar-refractivity contribution in [3.8, 4) is 0 Å². The third-order valence-electron chi connectivity index (χ3n) is 5.01. The van der Waals surface area contributed by atoms with Gasteiger partial charge in [0.05, 0.1) is 6.04 Å². The molecule has 1 fully saturated rings.